The van der Waals surface area contributed by atoms with E-state index in [4.69, 9.17) is 9.47 Å². The smallest absolute Gasteiger partial charge is 0.335 e. The molecule has 1 aliphatic heterocycles. The summed E-state index contributed by atoms with van der Waals surface area (Å²) < 4.78 is 41.1. The van der Waals surface area contributed by atoms with Gasteiger partial charge >= 0.3 is 17.6 Å². The SMILES string of the molecule is CC(C)(C)OC(=O)C(Cc1ccc(-n2c(=O)n(CC(=O)Oc3ccc([N+](=O)[O-])cc3)c3cccnc32)cc1)NC(=O)[C@H]1N(S(=O)(=O)c2cccnc2)CSC1(C)C. The zero-order chi connectivity index (χ0) is 41.3. The number of hydrogen-bond acceptors (Lipinski definition) is 13. The van der Waals surface area contributed by atoms with Crippen LogP contribution in [0.3, 0.4) is 0 Å². The van der Waals surface area contributed by atoms with Gasteiger partial charge in [-0.3, -0.25) is 24.5 Å². The number of sulfonamides is 1. The topological polar surface area (TPSA) is 215 Å². The number of hydrogen-bond donors (Lipinski definition) is 1. The van der Waals surface area contributed by atoms with Crippen molar-refractivity contribution in [1.29, 1.82) is 0 Å². The number of thioether (sulfide) groups is 1. The minimum Gasteiger partial charge on any atom is -0.458 e. The van der Waals surface area contributed by atoms with E-state index in [2.05, 4.69) is 15.3 Å². The maximum Gasteiger partial charge on any atom is 0.335 e. The molecule has 1 saturated heterocycles. The number of carbonyl (C=O) groups excluding carboxylic acids is 3. The Morgan fingerprint density at radius 2 is 1.72 bits per heavy atom. The van der Waals surface area contributed by atoms with Gasteiger partial charge in [-0.2, -0.15) is 4.31 Å². The van der Waals surface area contributed by atoms with E-state index in [-0.39, 0.29) is 34.3 Å². The second kappa shape index (κ2) is 15.9. The van der Waals surface area contributed by atoms with Crippen LogP contribution in [-0.4, -0.2) is 82.9 Å². The molecular weight excluding hydrogens is 779 g/mol. The fourth-order valence-corrected chi connectivity index (χ4v) is 9.39. The molecule has 6 rings (SSSR count). The standard InChI is InChI=1S/C38H39N7O10S2/c1-37(2,3)55-35(48)29(41-34(47)32-38(4,5)56-23-43(32)57(52,53)28-8-6-18-39-21-28)20-24-10-12-25(13-11-24)44-33-30(9-7-19-40-33)42(36(44)49)22-31(46)54-27-16-14-26(15-17-27)45(50)51/h6-19,21,29,32H,20,22-23H2,1-5H3,(H,41,47)/t29?,32-/m1/s1. The molecule has 2 aromatic carbocycles. The molecule has 0 radical (unpaired) electrons. The second-order valence-corrected chi connectivity index (χ2v) is 18.1. The van der Waals surface area contributed by atoms with E-state index in [1.165, 1.54) is 75.9 Å². The Bertz CT molecular complexity index is 2500. The van der Waals surface area contributed by atoms with Crippen molar-refractivity contribution in [1.82, 2.24) is 28.7 Å². The summed E-state index contributed by atoms with van der Waals surface area (Å²) in [6.07, 6.45) is 4.12. The number of nitrogens with zero attached hydrogens (tertiary/aromatic N) is 6. The Morgan fingerprint density at radius 1 is 1.04 bits per heavy atom. The highest BCUT2D eigenvalue weighted by atomic mass is 32.2. The van der Waals surface area contributed by atoms with Gasteiger partial charge in [0.25, 0.3) is 5.69 Å². The Morgan fingerprint density at radius 3 is 2.35 bits per heavy atom. The van der Waals surface area contributed by atoms with Crippen molar-refractivity contribution in [2.45, 2.75) is 74.9 Å². The summed E-state index contributed by atoms with van der Waals surface area (Å²) in [4.78, 5) is 73.0. The Balaban J connectivity index is 1.25. The molecule has 19 heteroatoms. The predicted octanol–water partition coefficient (Wildman–Crippen LogP) is 4.01. The molecule has 1 amide bonds. The molecule has 1 unspecified atom stereocenters. The van der Waals surface area contributed by atoms with E-state index >= 15 is 0 Å². The lowest BCUT2D eigenvalue weighted by atomic mass is 10.0. The van der Waals surface area contributed by atoms with Gasteiger partial charge in [0.2, 0.25) is 15.9 Å². The molecule has 3 aromatic heterocycles. The first-order valence-electron chi connectivity index (χ1n) is 17.6. The maximum atomic E-state index is 14.1. The van der Waals surface area contributed by atoms with Crippen molar-refractivity contribution in [3.63, 3.8) is 0 Å². The first-order valence-corrected chi connectivity index (χ1v) is 20.0. The summed E-state index contributed by atoms with van der Waals surface area (Å²) >= 11 is 1.29. The number of benzene rings is 2. The van der Waals surface area contributed by atoms with Gasteiger partial charge in [-0.25, -0.2) is 32.4 Å². The van der Waals surface area contributed by atoms with Crippen molar-refractivity contribution in [2.24, 2.45) is 0 Å². The molecule has 57 heavy (non-hydrogen) atoms. The van der Waals surface area contributed by atoms with Gasteiger partial charge in [0.15, 0.2) is 5.65 Å². The predicted molar refractivity (Wildman–Crippen MR) is 209 cm³/mol. The third-order valence-corrected chi connectivity index (χ3v) is 12.2. The van der Waals surface area contributed by atoms with Crippen molar-refractivity contribution in [3.8, 4) is 11.4 Å². The quantitative estimate of drug-likeness (QED) is 0.0817. The number of fused-ring (bicyclic) bond motifs is 1. The number of aromatic nitrogens is 4. The van der Waals surface area contributed by atoms with Gasteiger partial charge in [0.1, 0.15) is 34.9 Å². The lowest BCUT2D eigenvalue weighted by molar-refractivity contribution is -0.384. The van der Waals surface area contributed by atoms with Crippen molar-refractivity contribution >= 4 is 56.5 Å². The van der Waals surface area contributed by atoms with Gasteiger partial charge in [0.05, 0.1) is 22.0 Å². The number of nitrogens with one attached hydrogen (secondary N) is 1. The molecule has 0 aliphatic carbocycles. The van der Waals surface area contributed by atoms with Crippen LogP contribution in [0.15, 0.2) is 101 Å². The number of rotatable bonds is 12. The molecule has 1 N–H and O–H groups in total. The highest BCUT2D eigenvalue weighted by Crippen LogP contribution is 2.42. The van der Waals surface area contributed by atoms with Crippen LogP contribution < -0.4 is 15.7 Å². The summed E-state index contributed by atoms with van der Waals surface area (Å²) in [5.41, 5.74) is -0.129. The number of non-ortho nitro benzene ring substituents is 1. The summed E-state index contributed by atoms with van der Waals surface area (Å²) in [7, 11) is -4.13. The number of carbonyl (C=O) groups is 3. The fourth-order valence-electron chi connectivity index (χ4n) is 6.25. The minimum absolute atomic E-state index is 0.00643. The average molecular weight is 818 g/mol. The zero-order valence-electron chi connectivity index (χ0n) is 31.5. The van der Waals surface area contributed by atoms with Crippen LogP contribution in [0.5, 0.6) is 5.75 Å². The van der Waals surface area contributed by atoms with Gasteiger partial charge in [0, 0.05) is 41.9 Å². The second-order valence-electron chi connectivity index (χ2n) is 14.6. The van der Waals surface area contributed by atoms with E-state index < -0.39 is 67.5 Å². The molecule has 0 saturated carbocycles. The van der Waals surface area contributed by atoms with Gasteiger partial charge in [-0.1, -0.05) is 12.1 Å². The highest BCUT2D eigenvalue weighted by Gasteiger charge is 2.51. The Kier molecular flexibility index (Phi) is 11.4. The summed E-state index contributed by atoms with van der Waals surface area (Å²) in [5, 5.41) is 13.7. The Labute approximate surface area is 331 Å². The highest BCUT2D eigenvalue weighted by molar-refractivity contribution is 8.02. The van der Waals surface area contributed by atoms with Gasteiger partial charge in [-0.05, 0) is 88.7 Å². The first kappa shape index (κ1) is 40.7. The average Bonchev–Trinajstić information content (AvgIpc) is 3.63. The number of pyridine rings is 2. The maximum absolute atomic E-state index is 14.1. The zero-order valence-corrected chi connectivity index (χ0v) is 33.2. The van der Waals surface area contributed by atoms with Gasteiger partial charge < -0.3 is 14.8 Å². The monoisotopic (exact) mass is 817 g/mol. The summed E-state index contributed by atoms with van der Waals surface area (Å²) in [6.45, 7) is 8.10. The largest absolute Gasteiger partial charge is 0.458 e. The molecule has 17 nitrogen and oxygen atoms in total. The van der Waals surface area contributed by atoms with E-state index in [1.54, 1.807) is 71.0 Å². The third-order valence-electron chi connectivity index (χ3n) is 8.90. The minimum atomic E-state index is -4.13. The number of nitro groups is 1. The van der Waals surface area contributed by atoms with Crippen LogP contribution in [0.4, 0.5) is 5.69 Å². The van der Waals surface area contributed by atoms with Crippen LogP contribution >= 0.6 is 11.8 Å². The van der Waals surface area contributed by atoms with E-state index in [1.807, 2.05) is 0 Å². The summed E-state index contributed by atoms with van der Waals surface area (Å²) in [6, 6.07) is 15.2. The number of ether oxygens (including phenoxy) is 2. The van der Waals surface area contributed by atoms with Crippen molar-refractivity contribution in [3.05, 3.63) is 118 Å². The lowest BCUT2D eigenvalue weighted by Crippen LogP contribution is -2.57. The lowest BCUT2D eigenvalue weighted by Gasteiger charge is -2.32. The molecule has 0 bridgehead atoms. The molecule has 0 spiro atoms. The van der Waals surface area contributed by atoms with Crippen LogP contribution in [-0.2, 0) is 42.1 Å². The molecule has 298 valence electrons. The third kappa shape index (κ3) is 8.90. The number of nitro benzene ring substituents is 1. The van der Waals surface area contributed by atoms with Crippen molar-refractivity contribution in [2.75, 3.05) is 5.88 Å². The van der Waals surface area contributed by atoms with E-state index in [0.29, 0.717) is 16.8 Å². The number of imidazole rings is 1. The molecule has 5 aromatic rings. The summed E-state index contributed by atoms with van der Waals surface area (Å²) in [5.74, 6) is -2.13. The fraction of sp³-hybridized carbons (Fsp3) is 0.316. The van der Waals surface area contributed by atoms with Crippen molar-refractivity contribution < 1.29 is 37.2 Å². The molecule has 1 aliphatic rings. The molecule has 2 atom stereocenters. The van der Waals surface area contributed by atoms with Crippen LogP contribution in [0, 0.1) is 10.1 Å². The molecule has 1 fully saturated rings. The van der Waals surface area contributed by atoms with E-state index in [9.17, 15) is 37.7 Å². The number of amides is 1. The van der Waals surface area contributed by atoms with Crippen LogP contribution in [0.1, 0.15) is 40.2 Å². The molecule has 4 heterocycles. The number of esters is 2. The molecular formula is C38H39N7O10S2. The normalized spacial score (nSPS) is 16.2. The van der Waals surface area contributed by atoms with E-state index in [0.717, 1.165) is 4.31 Å². The first-order chi connectivity index (χ1) is 26.9. The Hall–Kier alpha value is -5.92. The van der Waals surface area contributed by atoms with Crippen LogP contribution in [0.25, 0.3) is 16.9 Å². The van der Waals surface area contributed by atoms with Crippen LogP contribution in [0.2, 0.25) is 0 Å². The van der Waals surface area contributed by atoms with Gasteiger partial charge in [-0.15, -0.1) is 11.8 Å².